The van der Waals surface area contributed by atoms with Crippen LogP contribution in [0.15, 0.2) is 24.4 Å². The molecule has 1 aromatic heterocycles. The molecule has 2 N–H and O–H groups in total. The summed E-state index contributed by atoms with van der Waals surface area (Å²) in [6.45, 7) is 6.56. The lowest BCUT2D eigenvalue weighted by Crippen LogP contribution is -2.17. The Labute approximate surface area is 125 Å². The van der Waals surface area contributed by atoms with Crippen molar-refractivity contribution < 1.29 is 4.74 Å². The molecule has 1 heterocycles. The van der Waals surface area contributed by atoms with E-state index in [4.69, 9.17) is 22.1 Å². The van der Waals surface area contributed by atoms with Crippen LogP contribution in [-0.2, 0) is 17.7 Å². The van der Waals surface area contributed by atoms with Gasteiger partial charge in [-0.3, -0.25) is 0 Å². The highest BCUT2D eigenvalue weighted by Gasteiger charge is 2.10. The van der Waals surface area contributed by atoms with Crippen LogP contribution in [0.4, 0.5) is 0 Å². The first-order chi connectivity index (χ1) is 9.61. The van der Waals surface area contributed by atoms with E-state index in [1.807, 2.05) is 26.0 Å². The van der Waals surface area contributed by atoms with E-state index >= 15 is 0 Å². The molecular formula is C16H23ClN2O. The van der Waals surface area contributed by atoms with Crippen LogP contribution in [0.3, 0.4) is 0 Å². The molecule has 0 bridgehead atoms. The molecule has 4 heteroatoms. The number of aromatic nitrogens is 1. The van der Waals surface area contributed by atoms with Crippen molar-refractivity contribution in [1.82, 2.24) is 4.57 Å². The van der Waals surface area contributed by atoms with Gasteiger partial charge in [0.1, 0.15) is 0 Å². The third kappa shape index (κ3) is 3.75. The van der Waals surface area contributed by atoms with Crippen LogP contribution < -0.4 is 5.73 Å². The third-order valence-corrected chi connectivity index (χ3v) is 3.60. The Balaban J connectivity index is 2.25. The van der Waals surface area contributed by atoms with E-state index < -0.39 is 0 Å². The fourth-order valence-electron chi connectivity index (χ4n) is 2.52. The van der Waals surface area contributed by atoms with Crippen molar-refractivity contribution in [3.05, 3.63) is 35.0 Å². The number of aryl methyl sites for hydroxylation is 1. The SMILES string of the molecule is CCOCCCn1cc(CC(C)N)c2ccc(Cl)cc21. The summed E-state index contributed by atoms with van der Waals surface area (Å²) < 4.78 is 7.66. The monoisotopic (exact) mass is 294 g/mol. The number of halogens is 1. The lowest BCUT2D eigenvalue weighted by Gasteiger charge is -2.05. The molecule has 0 aliphatic rings. The molecule has 1 aromatic carbocycles. The lowest BCUT2D eigenvalue weighted by molar-refractivity contribution is 0.142. The molecule has 1 atom stereocenters. The van der Waals surface area contributed by atoms with Gasteiger partial charge in [0.2, 0.25) is 0 Å². The Hall–Kier alpha value is -1.03. The Bertz CT molecular complexity index is 563. The fourth-order valence-corrected chi connectivity index (χ4v) is 2.68. The van der Waals surface area contributed by atoms with E-state index in [-0.39, 0.29) is 6.04 Å². The van der Waals surface area contributed by atoms with Crippen molar-refractivity contribution in [2.45, 2.75) is 39.3 Å². The summed E-state index contributed by atoms with van der Waals surface area (Å²) >= 11 is 6.13. The summed E-state index contributed by atoms with van der Waals surface area (Å²) in [5, 5.41) is 2.03. The molecule has 0 saturated heterocycles. The summed E-state index contributed by atoms with van der Waals surface area (Å²) in [7, 11) is 0. The van der Waals surface area contributed by atoms with Gasteiger partial charge in [0, 0.05) is 47.9 Å². The van der Waals surface area contributed by atoms with Crippen molar-refractivity contribution >= 4 is 22.5 Å². The molecule has 0 spiro atoms. The summed E-state index contributed by atoms with van der Waals surface area (Å²) in [5.74, 6) is 0. The number of fused-ring (bicyclic) bond motifs is 1. The van der Waals surface area contributed by atoms with Gasteiger partial charge in [-0.15, -0.1) is 0 Å². The number of hydrogen-bond donors (Lipinski definition) is 1. The second kappa shape index (κ2) is 7.11. The Morgan fingerprint density at radius 3 is 2.90 bits per heavy atom. The van der Waals surface area contributed by atoms with E-state index in [0.29, 0.717) is 0 Å². The van der Waals surface area contributed by atoms with Crippen LogP contribution in [0.2, 0.25) is 5.02 Å². The van der Waals surface area contributed by atoms with Crippen molar-refractivity contribution in [2.24, 2.45) is 5.73 Å². The highest BCUT2D eigenvalue weighted by molar-refractivity contribution is 6.31. The van der Waals surface area contributed by atoms with Crippen LogP contribution in [0.1, 0.15) is 25.8 Å². The predicted octanol–water partition coefficient (Wildman–Crippen LogP) is 3.61. The van der Waals surface area contributed by atoms with Gasteiger partial charge < -0.3 is 15.0 Å². The molecule has 3 nitrogen and oxygen atoms in total. The Morgan fingerprint density at radius 2 is 2.20 bits per heavy atom. The van der Waals surface area contributed by atoms with Gasteiger partial charge in [-0.2, -0.15) is 0 Å². The fraction of sp³-hybridized carbons (Fsp3) is 0.500. The number of ether oxygens (including phenoxy) is 1. The highest BCUT2D eigenvalue weighted by Crippen LogP contribution is 2.26. The zero-order valence-electron chi connectivity index (χ0n) is 12.2. The maximum Gasteiger partial charge on any atom is 0.0498 e. The topological polar surface area (TPSA) is 40.2 Å². The number of rotatable bonds is 7. The Kier molecular flexibility index (Phi) is 5.46. The maximum absolute atomic E-state index is 6.13. The second-order valence-corrected chi connectivity index (χ2v) is 5.68. The average Bonchev–Trinajstić information content (AvgIpc) is 2.71. The smallest absolute Gasteiger partial charge is 0.0498 e. The van der Waals surface area contributed by atoms with Gasteiger partial charge >= 0.3 is 0 Å². The zero-order chi connectivity index (χ0) is 14.5. The summed E-state index contributed by atoms with van der Waals surface area (Å²) in [4.78, 5) is 0. The largest absolute Gasteiger partial charge is 0.382 e. The van der Waals surface area contributed by atoms with Crippen molar-refractivity contribution in [3.63, 3.8) is 0 Å². The van der Waals surface area contributed by atoms with E-state index in [0.717, 1.165) is 37.6 Å². The van der Waals surface area contributed by atoms with Gasteiger partial charge in [0.05, 0.1) is 0 Å². The van der Waals surface area contributed by atoms with Crippen molar-refractivity contribution in [1.29, 1.82) is 0 Å². The molecule has 2 aromatic rings. The van der Waals surface area contributed by atoms with Crippen molar-refractivity contribution in [2.75, 3.05) is 13.2 Å². The quantitative estimate of drug-likeness (QED) is 0.793. The van der Waals surface area contributed by atoms with Gasteiger partial charge in [-0.25, -0.2) is 0 Å². The molecule has 0 fully saturated rings. The van der Waals surface area contributed by atoms with Crippen LogP contribution in [0.25, 0.3) is 10.9 Å². The molecular weight excluding hydrogens is 272 g/mol. The molecule has 0 radical (unpaired) electrons. The third-order valence-electron chi connectivity index (χ3n) is 3.36. The highest BCUT2D eigenvalue weighted by atomic mass is 35.5. The Morgan fingerprint density at radius 1 is 1.40 bits per heavy atom. The first-order valence-electron chi connectivity index (χ1n) is 7.22. The first-order valence-corrected chi connectivity index (χ1v) is 7.60. The molecule has 0 aliphatic heterocycles. The minimum absolute atomic E-state index is 0.160. The van der Waals surface area contributed by atoms with Gasteiger partial charge in [-0.05, 0) is 44.4 Å². The number of benzene rings is 1. The van der Waals surface area contributed by atoms with Crippen LogP contribution in [-0.4, -0.2) is 23.8 Å². The zero-order valence-corrected chi connectivity index (χ0v) is 13.0. The second-order valence-electron chi connectivity index (χ2n) is 5.24. The molecule has 0 aliphatic carbocycles. The van der Waals surface area contributed by atoms with E-state index in [1.165, 1.54) is 16.5 Å². The van der Waals surface area contributed by atoms with Crippen LogP contribution in [0, 0.1) is 0 Å². The first kappa shape index (κ1) is 15.4. The molecule has 0 amide bonds. The maximum atomic E-state index is 6.13. The van der Waals surface area contributed by atoms with Gasteiger partial charge in [0.25, 0.3) is 0 Å². The molecule has 110 valence electrons. The van der Waals surface area contributed by atoms with Crippen molar-refractivity contribution in [3.8, 4) is 0 Å². The number of nitrogens with zero attached hydrogens (tertiary/aromatic N) is 1. The van der Waals surface area contributed by atoms with Gasteiger partial charge in [0.15, 0.2) is 0 Å². The summed E-state index contributed by atoms with van der Waals surface area (Å²) in [5.41, 5.74) is 8.42. The predicted molar refractivity (Wildman–Crippen MR) is 85.4 cm³/mol. The minimum atomic E-state index is 0.160. The normalized spacial score (nSPS) is 13.0. The molecule has 1 unspecified atom stereocenters. The number of hydrogen-bond acceptors (Lipinski definition) is 2. The minimum Gasteiger partial charge on any atom is -0.382 e. The molecule has 20 heavy (non-hydrogen) atoms. The van der Waals surface area contributed by atoms with E-state index in [2.05, 4.69) is 16.8 Å². The summed E-state index contributed by atoms with van der Waals surface area (Å²) in [6.07, 6.45) is 4.09. The van der Waals surface area contributed by atoms with Gasteiger partial charge in [-0.1, -0.05) is 17.7 Å². The van der Waals surface area contributed by atoms with Crippen LogP contribution >= 0.6 is 11.6 Å². The average molecular weight is 295 g/mol. The molecule has 0 saturated carbocycles. The number of nitrogens with two attached hydrogens (primary N) is 1. The molecule has 2 rings (SSSR count). The van der Waals surface area contributed by atoms with E-state index in [9.17, 15) is 0 Å². The van der Waals surface area contributed by atoms with Crippen LogP contribution in [0.5, 0.6) is 0 Å². The standard InChI is InChI=1S/C16H23ClN2O/c1-3-20-8-4-7-19-11-13(9-12(2)18)15-6-5-14(17)10-16(15)19/h5-6,10-12H,3-4,7-9,18H2,1-2H3. The van der Waals surface area contributed by atoms with E-state index in [1.54, 1.807) is 0 Å². The summed E-state index contributed by atoms with van der Waals surface area (Å²) in [6, 6.07) is 6.23. The lowest BCUT2D eigenvalue weighted by atomic mass is 10.1.